The molecule has 3 fully saturated rings. The van der Waals surface area contributed by atoms with E-state index in [2.05, 4.69) is 17.0 Å². The lowest BCUT2D eigenvalue weighted by Gasteiger charge is -2.65. The molecule has 0 amide bonds. The molecule has 3 atom stereocenters. The summed E-state index contributed by atoms with van der Waals surface area (Å²) in [5, 5.41) is 10.2. The van der Waals surface area contributed by atoms with E-state index in [0.717, 1.165) is 12.3 Å². The summed E-state index contributed by atoms with van der Waals surface area (Å²) in [6.45, 7) is 2.46. The van der Waals surface area contributed by atoms with Gasteiger partial charge in [0.2, 0.25) is 0 Å². The number of likely N-dealkylation sites (tertiary alicyclic amines) is 1. The van der Waals surface area contributed by atoms with Crippen LogP contribution >= 0.6 is 0 Å². The first-order valence-electron chi connectivity index (χ1n) is 10.3. The summed E-state index contributed by atoms with van der Waals surface area (Å²) in [6.07, 6.45) is 11.5. The first-order chi connectivity index (χ1) is 12.2. The summed E-state index contributed by atoms with van der Waals surface area (Å²) in [7, 11) is 1.95. The molecule has 2 saturated carbocycles. The van der Waals surface area contributed by atoms with Crippen molar-refractivity contribution >= 4 is 0 Å². The van der Waals surface area contributed by atoms with Crippen LogP contribution in [-0.4, -0.2) is 41.8 Å². The summed E-state index contributed by atoms with van der Waals surface area (Å²) in [5.74, 6) is 1.32. The van der Waals surface area contributed by atoms with Crippen molar-refractivity contribution in [3.8, 4) is 5.75 Å². The highest BCUT2D eigenvalue weighted by atomic mass is 16.5. The predicted octanol–water partition coefficient (Wildman–Crippen LogP) is 4.02. The highest BCUT2D eigenvalue weighted by molar-refractivity contribution is 5.48. The molecule has 1 aromatic rings. The van der Waals surface area contributed by atoms with E-state index in [1.54, 1.807) is 0 Å². The lowest BCUT2D eigenvalue weighted by molar-refractivity contribution is -0.187. The van der Waals surface area contributed by atoms with Gasteiger partial charge < -0.3 is 9.84 Å². The zero-order valence-electron chi connectivity index (χ0n) is 15.5. The second-order valence-electron chi connectivity index (χ2n) is 8.99. The summed E-state index contributed by atoms with van der Waals surface area (Å²) in [6, 6.07) is 6.63. The third-order valence-electron chi connectivity index (χ3n) is 8.12. The second-order valence-corrected chi connectivity index (χ2v) is 8.99. The van der Waals surface area contributed by atoms with Gasteiger partial charge in [-0.25, -0.2) is 0 Å². The van der Waals surface area contributed by atoms with Crippen molar-refractivity contribution in [2.45, 2.75) is 74.8 Å². The highest BCUT2D eigenvalue weighted by Gasteiger charge is 2.64. The van der Waals surface area contributed by atoms with E-state index >= 15 is 0 Å². The number of phenolic OH excluding ortho intramolecular Hbond substituents is 1. The average molecular weight is 341 g/mol. The van der Waals surface area contributed by atoms with Crippen LogP contribution in [0.15, 0.2) is 18.2 Å². The van der Waals surface area contributed by atoms with Crippen molar-refractivity contribution < 1.29 is 9.84 Å². The number of hydrogen-bond donors (Lipinski definition) is 1. The third-order valence-corrected chi connectivity index (χ3v) is 8.12. The molecule has 5 rings (SSSR count). The standard InChI is InChI=1S/C22H31NO2/c1-25-22-10-3-2-9-21(22)11-12-23(15-16-5-4-6-16)20(22)13-17-7-8-18(24)14-19(17)21/h7-8,14,16,20,24H,2-6,9-13,15H2,1H3/t20-,21+,22-/m1/s1. The molecule has 0 spiro atoms. The van der Waals surface area contributed by atoms with Crippen molar-refractivity contribution in [1.29, 1.82) is 0 Å². The number of aromatic hydroxyl groups is 1. The number of fused-ring (bicyclic) bond motifs is 1. The summed E-state index contributed by atoms with van der Waals surface area (Å²) < 4.78 is 6.48. The molecule has 2 bridgehead atoms. The monoisotopic (exact) mass is 341 g/mol. The Morgan fingerprint density at radius 2 is 2.00 bits per heavy atom. The molecule has 3 nitrogen and oxygen atoms in total. The molecule has 0 unspecified atom stereocenters. The number of benzene rings is 1. The van der Waals surface area contributed by atoms with Gasteiger partial charge >= 0.3 is 0 Å². The van der Waals surface area contributed by atoms with E-state index in [0.29, 0.717) is 11.8 Å². The molecule has 1 aliphatic heterocycles. The van der Waals surface area contributed by atoms with E-state index in [1.807, 2.05) is 13.2 Å². The van der Waals surface area contributed by atoms with Crippen LogP contribution < -0.4 is 0 Å². The molecule has 3 heteroatoms. The molecule has 3 aliphatic carbocycles. The lowest BCUT2D eigenvalue weighted by atomic mass is 9.49. The second kappa shape index (κ2) is 5.72. The molecular weight excluding hydrogens is 310 g/mol. The molecule has 0 radical (unpaired) electrons. The number of methoxy groups -OCH3 is 1. The Kier molecular flexibility index (Phi) is 3.69. The Balaban J connectivity index is 1.62. The van der Waals surface area contributed by atoms with Crippen molar-refractivity contribution in [2.75, 3.05) is 20.2 Å². The van der Waals surface area contributed by atoms with Gasteiger partial charge in [0.15, 0.2) is 0 Å². The van der Waals surface area contributed by atoms with Crippen LogP contribution in [0.4, 0.5) is 0 Å². The largest absolute Gasteiger partial charge is 0.508 e. The maximum Gasteiger partial charge on any atom is 0.115 e. The van der Waals surface area contributed by atoms with Crippen LogP contribution in [0.3, 0.4) is 0 Å². The van der Waals surface area contributed by atoms with Gasteiger partial charge in [-0.3, -0.25) is 4.90 Å². The summed E-state index contributed by atoms with van der Waals surface area (Å²) in [5.41, 5.74) is 2.89. The quantitative estimate of drug-likeness (QED) is 0.901. The average Bonchev–Trinajstić information content (AvgIpc) is 2.60. The lowest BCUT2D eigenvalue weighted by Crippen LogP contribution is -2.73. The molecule has 4 aliphatic rings. The van der Waals surface area contributed by atoms with Crippen LogP contribution in [0.2, 0.25) is 0 Å². The Hall–Kier alpha value is -1.06. The number of ether oxygens (including phenoxy) is 1. The fraction of sp³-hybridized carbons (Fsp3) is 0.727. The van der Waals surface area contributed by atoms with E-state index < -0.39 is 0 Å². The molecule has 1 heterocycles. The molecule has 136 valence electrons. The Bertz CT molecular complexity index is 670. The zero-order valence-corrected chi connectivity index (χ0v) is 15.5. The van der Waals surface area contributed by atoms with Gasteiger partial charge in [0.25, 0.3) is 0 Å². The fourth-order valence-corrected chi connectivity index (χ4v) is 6.72. The van der Waals surface area contributed by atoms with Crippen molar-refractivity contribution in [2.24, 2.45) is 5.92 Å². The van der Waals surface area contributed by atoms with Gasteiger partial charge in [-0.1, -0.05) is 25.3 Å². The van der Waals surface area contributed by atoms with Crippen molar-refractivity contribution in [3.05, 3.63) is 29.3 Å². The van der Waals surface area contributed by atoms with E-state index in [9.17, 15) is 5.11 Å². The number of phenols is 1. The van der Waals surface area contributed by atoms with Crippen LogP contribution in [0.25, 0.3) is 0 Å². The summed E-state index contributed by atoms with van der Waals surface area (Å²) in [4.78, 5) is 2.78. The minimum atomic E-state index is -0.0615. The van der Waals surface area contributed by atoms with Crippen molar-refractivity contribution in [1.82, 2.24) is 4.90 Å². The van der Waals surface area contributed by atoms with Gasteiger partial charge in [0, 0.05) is 25.1 Å². The van der Waals surface area contributed by atoms with E-state index in [1.165, 1.54) is 75.6 Å². The Labute approximate surface area is 151 Å². The number of piperidine rings is 1. The van der Waals surface area contributed by atoms with E-state index in [-0.39, 0.29) is 11.0 Å². The molecule has 1 aromatic carbocycles. The van der Waals surface area contributed by atoms with Gasteiger partial charge in [0.05, 0.1) is 5.60 Å². The normalized spacial score (nSPS) is 37.9. The minimum Gasteiger partial charge on any atom is -0.508 e. The van der Waals surface area contributed by atoms with Crippen LogP contribution in [0.5, 0.6) is 5.75 Å². The first kappa shape index (κ1) is 16.1. The SMILES string of the molecule is CO[C@@]12CCCC[C@@]13CCN(CC1CCC1)[C@@H]2Cc1ccc(O)cc13. The molecule has 1 saturated heterocycles. The Morgan fingerprint density at radius 3 is 2.76 bits per heavy atom. The van der Waals surface area contributed by atoms with Crippen LogP contribution in [0.1, 0.15) is 62.5 Å². The van der Waals surface area contributed by atoms with Crippen molar-refractivity contribution in [3.63, 3.8) is 0 Å². The maximum absolute atomic E-state index is 10.2. The number of nitrogens with zero attached hydrogens (tertiary/aromatic N) is 1. The fourth-order valence-electron chi connectivity index (χ4n) is 6.72. The Morgan fingerprint density at radius 1 is 1.16 bits per heavy atom. The predicted molar refractivity (Wildman–Crippen MR) is 99.0 cm³/mol. The number of hydrogen-bond acceptors (Lipinski definition) is 3. The smallest absolute Gasteiger partial charge is 0.115 e. The zero-order chi connectivity index (χ0) is 17.1. The molecular formula is C22H31NO2. The maximum atomic E-state index is 10.2. The first-order valence-corrected chi connectivity index (χ1v) is 10.3. The topological polar surface area (TPSA) is 32.7 Å². The number of rotatable bonds is 3. The van der Waals surface area contributed by atoms with Gasteiger partial charge in [0.1, 0.15) is 5.75 Å². The van der Waals surface area contributed by atoms with Gasteiger partial charge in [-0.2, -0.15) is 0 Å². The molecule has 1 N–H and O–H groups in total. The minimum absolute atomic E-state index is 0.0615. The summed E-state index contributed by atoms with van der Waals surface area (Å²) >= 11 is 0. The third kappa shape index (κ3) is 2.12. The van der Waals surface area contributed by atoms with Gasteiger partial charge in [-0.15, -0.1) is 0 Å². The highest BCUT2D eigenvalue weighted by Crippen LogP contribution is 2.60. The van der Waals surface area contributed by atoms with E-state index in [4.69, 9.17) is 4.74 Å². The van der Waals surface area contributed by atoms with Crippen LogP contribution in [0, 0.1) is 5.92 Å². The van der Waals surface area contributed by atoms with Gasteiger partial charge in [-0.05, 0) is 74.2 Å². The van der Waals surface area contributed by atoms with Crippen LogP contribution in [-0.2, 0) is 16.6 Å². The molecule has 0 aromatic heterocycles. The molecule has 25 heavy (non-hydrogen) atoms.